The molecule has 0 unspecified atom stereocenters. The fourth-order valence-corrected chi connectivity index (χ4v) is 10.2. The highest BCUT2D eigenvalue weighted by molar-refractivity contribution is 5.71. The first-order valence-electron chi connectivity index (χ1n) is 32.4. The summed E-state index contributed by atoms with van der Waals surface area (Å²) in [6.07, 6.45) is 66.8. The maximum Gasteiger partial charge on any atom is 0.306 e. The first-order chi connectivity index (χ1) is 34.9. The third-order valence-electron chi connectivity index (χ3n) is 15.0. The van der Waals surface area contributed by atoms with E-state index in [1.165, 1.54) is 270 Å². The summed E-state index contributed by atoms with van der Waals surface area (Å²) < 4.78 is 17.0. The maximum atomic E-state index is 12.9. The van der Waals surface area contributed by atoms with Crippen molar-refractivity contribution in [3.63, 3.8) is 0 Å². The number of unbranched alkanes of at least 4 members (excludes halogenated alkanes) is 47. The van der Waals surface area contributed by atoms with Crippen LogP contribution in [0.4, 0.5) is 0 Å². The van der Waals surface area contributed by atoms with Gasteiger partial charge in [-0.05, 0) is 25.2 Å². The van der Waals surface area contributed by atoms with E-state index in [-0.39, 0.29) is 31.1 Å². The zero-order chi connectivity index (χ0) is 51.6. The van der Waals surface area contributed by atoms with Gasteiger partial charge in [-0.15, -0.1) is 0 Å². The van der Waals surface area contributed by atoms with Gasteiger partial charge in [0, 0.05) is 19.3 Å². The van der Waals surface area contributed by atoms with Gasteiger partial charge in [0.2, 0.25) is 0 Å². The number of hydrogen-bond donors (Lipinski definition) is 0. The maximum absolute atomic E-state index is 12.9. The van der Waals surface area contributed by atoms with E-state index in [1.807, 2.05) is 0 Å². The zero-order valence-electron chi connectivity index (χ0n) is 48.7. The molecule has 0 radical (unpaired) electrons. The average Bonchev–Trinajstić information content (AvgIpc) is 3.36. The standard InChI is InChI=1S/C65H126O6/c1-5-7-9-11-13-15-17-19-21-24-30-34-38-42-46-50-54-58-65(68)71-62(59-69-63(66)56-52-48-44-40-36-32-27-20-18-16-14-12-10-8-6-2)60-70-64(67)57-53-49-45-41-37-33-29-26-23-22-25-28-31-35-39-43-47-51-55-61(3)4/h61-62H,5-60H2,1-4H3/t62-/m0/s1. The highest BCUT2D eigenvalue weighted by Gasteiger charge is 2.19. The van der Waals surface area contributed by atoms with E-state index in [0.29, 0.717) is 19.3 Å². The second-order valence-electron chi connectivity index (χ2n) is 22.9. The van der Waals surface area contributed by atoms with Crippen molar-refractivity contribution in [1.29, 1.82) is 0 Å². The summed E-state index contributed by atoms with van der Waals surface area (Å²) in [5, 5.41) is 0. The van der Waals surface area contributed by atoms with Crippen molar-refractivity contribution in [3.8, 4) is 0 Å². The van der Waals surface area contributed by atoms with E-state index in [1.54, 1.807) is 0 Å². The third kappa shape index (κ3) is 59.2. The second-order valence-corrected chi connectivity index (χ2v) is 22.9. The molecule has 0 N–H and O–H groups in total. The van der Waals surface area contributed by atoms with E-state index >= 15 is 0 Å². The van der Waals surface area contributed by atoms with E-state index < -0.39 is 6.10 Å². The van der Waals surface area contributed by atoms with E-state index in [2.05, 4.69) is 27.7 Å². The van der Waals surface area contributed by atoms with Gasteiger partial charge < -0.3 is 14.2 Å². The molecule has 0 amide bonds. The number of ether oxygens (including phenoxy) is 3. The Morgan fingerprint density at radius 2 is 0.465 bits per heavy atom. The van der Waals surface area contributed by atoms with Crippen molar-refractivity contribution in [3.05, 3.63) is 0 Å². The van der Waals surface area contributed by atoms with Crippen LogP contribution in [0.3, 0.4) is 0 Å². The van der Waals surface area contributed by atoms with Crippen LogP contribution in [0.1, 0.15) is 374 Å². The van der Waals surface area contributed by atoms with Crippen LogP contribution in [0.15, 0.2) is 0 Å². The number of esters is 3. The Morgan fingerprint density at radius 1 is 0.268 bits per heavy atom. The molecule has 0 saturated heterocycles. The first kappa shape index (κ1) is 69.4. The van der Waals surface area contributed by atoms with Crippen LogP contribution >= 0.6 is 0 Å². The number of rotatable bonds is 60. The van der Waals surface area contributed by atoms with E-state index in [4.69, 9.17) is 14.2 Å². The van der Waals surface area contributed by atoms with E-state index in [0.717, 1.165) is 63.7 Å². The Balaban J connectivity index is 4.26. The topological polar surface area (TPSA) is 78.9 Å². The minimum absolute atomic E-state index is 0.0610. The minimum atomic E-state index is -0.763. The number of carbonyl (C=O) groups excluding carboxylic acids is 3. The zero-order valence-corrected chi connectivity index (χ0v) is 48.7. The van der Waals surface area contributed by atoms with Crippen LogP contribution in [0.2, 0.25) is 0 Å². The molecule has 0 rings (SSSR count). The quantitative estimate of drug-likeness (QED) is 0.0343. The molecule has 422 valence electrons. The molecule has 0 bridgehead atoms. The van der Waals surface area contributed by atoms with Crippen molar-refractivity contribution < 1.29 is 28.6 Å². The predicted octanol–water partition coefficient (Wildman–Crippen LogP) is 21.7. The molecule has 0 saturated carbocycles. The Morgan fingerprint density at radius 3 is 0.690 bits per heavy atom. The molecule has 71 heavy (non-hydrogen) atoms. The highest BCUT2D eigenvalue weighted by atomic mass is 16.6. The molecule has 0 heterocycles. The predicted molar refractivity (Wildman–Crippen MR) is 307 cm³/mol. The van der Waals surface area contributed by atoms with Crippen molar-refractivity contribution in [2.45, 2.75) is 381 Å². The van der Waals surface area contributed by atoms with Gasteiger partial charge in [0.1, 0.15) is 13.2 Å². The Kier molecular flexibility index (Phi) is 58.0. The molecule has 0 aliphatic heterocycles. The molecule has 6 heteroatoms. The molecular formula is C65H126O6. The fraction of sp³-hybridized carbons (Fsp3) is 0.954. The van der Waals surface area contributed by atoms with Crippen molar-refractivity contribution in [1.82, 2.24) is 0 Å². The largest absolute Gasteiger partial charge is 0.462 e. The van der Waals surface area contributed by atoms with Gasteiger partial charge in [-0.2, -0.15) is 0 Å². The van der Waals surface area contributed by atoms with Crippen molar-refractivity contribution in [2.75, 3.05) is 13.2 Å². The lowest BCUT2D eigenvalue weighted by molar-refractivity contribution is -0.167. The van der Waals surface area contributed by atoms with Crippen molar-refractivity contribution >= 4 is 17.9 Å². The summed E-state index contributed by atoms with van der Waals surface area (Å²) in [5.41, 5.74) is 0. The molecule has 6 nitrogen and oxygen atoms in total. The smallest absolute Gasteiger partial charge is 0.306 e. The van der Waals surface area contributed by atoms with Crippen LogP contribution in [0.5, 0.6) is 0 Å². The van der Waals surface area contributed by atoms with Gasteiger partial charge in [-0.25, -0.2) is 0 Å². The van der Waals surface area contributed by atoms with Gasteiger partial charge in [0.25, 0.3) is 0 Å². The summed E-state index contributed by atoms with van der Waals surface area (Å²) in [6.45, 7) is 9.10. The highest BCUT2D eigenvalue weighted by Crippen LogP contribution is 2.19. The monoisotopic (exact) mass is 1000 g/mol. The molecule has 0 aromatic rings. The van der Waals surface area contributed by atoms with Gasteiger partial charge in [-0.1, -0.05) is 336 Å². The third-order valence-corrected chi connectivity index (χ3v) is 15.0. The fourth-order valence-electron chi connectivity index (χ4n) is 10.2. The van der Waals surface area contributed by atoms with Crippen LogP contribution in [-0.2, 0) is 28.6 Å². The van der Waals surface area contributed by atoms with Gasteiger partial charge in [-0.3, -0.25) is 14.4 Å². The average molecular weight is 1000 g/mol. The lowest BCUT2D eigenvalue weighted by atomic mass is 10.0. The number of carbonyl (C=O) groups is 3. The Hall–Kier alpha value is -1.59. The lowest BCUT2D eigenvalue weighted by Crippen LogP contribution is -2.30. The molecule has 0 aromatic carbocycles. The van der Waals surface area contributed by atoms with Gasteiger partial charge in [0.15, 0.2) is 6.10 Å². The first-order valence-corrected chi connectivity index (χ1v) is 32.4. The molecule has 0 fully saturated rings. The van der Waals surface area contributed by atoms with Gasteiger partial charge in [0.05, 0.1) is 0 Å². The molecule has 0 aromatic heterocycles. The molecular weight excluding hydrogens is 877 g/mol. The van der Waals surface area contributed by atoms with Crippen molar-refractivity contribution in [2.24, 2.45) is 5.92 Å². The second kappa shape index (κ2) is 59.3. The van der Waals surface area contributed by atoms with Crippen LogP contribution in [0.25, 0.3) is 0 Å². The van der Waals surface area contributed by atoms with Crippen LogP contribution in [-0.4, -0.2) is 37.2 Å². The SMILES string of the molecule is CCCCCCCCCCCCCCCCCCCC(=O)O[C@@H](COC(=O)CCCCCCCCCCCCCCCCC)COC(=O)CCCCCCCCCCCCCCCCCCCCC(C)C. The van der Waals surface area contributed by atoms with E-state index in [9.17, 15) is 14.4 Å². The number of hydrogen-bond acceptors (Lipinski definition) is 6. The normalized spacial score (nSPS) is 12.0. The molecule has 0 spiro atoms. The van der Waals surface area contributed by atoms with Crippen LogP contribution < -0.4 is 0 Å². The summed E-state index contributed by atoms with van der Waals surface area (Å²) in [5.74, 6) is 0.0332. The summed E-state index contributed by atoms with van der Waals surface area (Å²) >= 11 is 0. The summed E-state index contributed by atoms with van der Waals surface area (Å²) in [7, 11) is 0. The Bertz CT molecular complexity index is 1070. The van der Waals surface area contributed by atoms with Crippen LogP contribution in [0, 0.1) is 5.92 Å². The molecule has 1 atom stereocenters. The summed E-state index contributed by atoms with van der Waals surface area (Å²) in [4.78, 5) is 38.3. The molecule has 0 aliphatic rings. The summed E-state index contributed by atoms with van der Waals surface area (Å²) in [6, 6.07) is 0. The Labute approximate surface area is 444 Å². The minimum Gasteiger partial charge on any atom is -0.462 e. The van der Waals surface area contributed by atoms with Gasteiger partial charge >= 0.3 is 17.9 Å². The lowest BCUT2D eigenvalue weighted by Gasteiger charge is -2.18. The molecule has 0 aliphatic carbocycles.